The van der Waals surface area contributed by atoms with Crippen LogP contribution in [0.15, 0.2) is 53.5 Å². The first-order valence-electron chi connectivity index (χ1n) is 7.21. The summed E-state index contributed by atoms with van der Waals surface area (Å²) in [7, 11) is 0. The fourth-order valence-electron chi connectivity index (χ4n) is 2.54. The third-order valence-electron chi connectivity index (χ3n) is 3.95. The summed E-state index contributed by atoms with van der Waals surface area (Å²) >= 11 is 0. The average Bonchev–Trinajstić information content (AvgIpc) is 2.54. The van der Waals surface area contributed by atoms with Gasteiger partial charge in [-0.3, -0.25) is 9.36 Å². The summed E-state index contributed by atoms with van der Waals surface area (Å²) in [5.41, 5.74) is 1.47. The zero-order valence-corrected chi connectivity index (χ0v) is 12.5. The number of pyridine rings is 1. The van der Waals surface area contributed by atoms with E-state index >= 15 is 0 Å². The van der Waals surface area contributed by atoms with E-state index in [1.165, 1.54) is 6.07 Å². The Hall–Kier alpha value is -2.80. The van der Waals surface area contributed by atoms with Gasteiger partial charge in [-0.05, 0) is 43.7 Å². The Kier molecular flexibility index (Phi) is 3.34. The monoisotopic (exact) mass is 292 g/mol. The highest BCUT2D eigenvalue weighted by Crippen LogP contribution is 2.38. The molecule has 0 saturated heterocycles. The van der Waals surface area contributed by atoms with Crippen molar-refractivity contribution in [3.8, 4) is 11.8 Å². The van der Waals surface area contributed by atoms with Crippen LogP contribution in [0.1, 0.15) is 31.4 Å². The van der Waals surface area contributed by atoms with Crippen molar-refractivity contribution in [1.29, 1.82) is 5.26 Å². The smallest absolute Gasteiger partial charge is 0.255 e. The van der Waals surface area contributed by atoms with E-state index in [2.05, 4.69) is 6.07 Å². The van der Waals surface area contributed by atoms with Gasteiger partial charge in [-0.1, -0.05) is 13.0 Å². The molecule has 4 nitrogen and oxygen atoms in total. The third kappa shape index (κ3) is 2.31. The first kappa shape index (κ1) is 14.2. The molecule has 1 aliphatic rings. The minimum absolute atomic E-state index is 0.109. The summed E-state index contributed by atoms with van der Waals surface area (Å²) in [5.74, 6) is 0.691. The molecular weight excluding hydrogens is 276 g/mol. The first-order chi connectivity index (χ1) is 10.6. The van der Waals surface area contributed by atoms with Crippen LogP contribution < -0.4 is 10.3 Å². The number of hydrogen-bond donors (Lipinski definition) is 0. The number of benzene rings is 1. The molecule has 0 amide bonds. The fraction of sp³-hybridized carbons (Fsp3) is 0.222. The minimum Gasteiger partial charge on any atom is -0.483 e. The highest BCUT2D eigenvalue weighted by Gasteiger charge is 2.30. The summed E-state index contributed by atoms with van der Waals surface area (Å²) in [6, 6.07) is 12.5. The molecule has 0 N–H and O–H groups in total. The maximum absolute atomic E-state index is 12.2. The molecule has 1 unspecified atom stereocenters. The highest BCUT2D eigenvalue weighted by molar-refractivity contribution is 5.74. The Balaban J connectivity index is 2.28. The Morgan fingerprint density at radius 3 is 2.82 bits per heavy atom. The Morgan fingerprint density at radius 1 is 1.32 bits per heavy atom. The summed E-state index contributed by atoms with van der Waals surface area (Å²) in [6.07, 6.45) is 4.47. The van der Waals surface area contributed by atoms with Crippen molar-refractivity contribution < 1.29 is 4.74 Å². The molecule has 3 rings (SSSR count). The molecular formula is C18H16N2O2. The van der Waals surface area contributed by atoms with Crippen LogP contribution in [0.5, 0.6) is 5.75 Å². The number of nitrogens with zero attached hydrogens (tertiary/aromatic N) is 2. The summed E-state index contributed by atoms with van der Waals surface area (Å²) < 4.78 is 7.65. The van der Waals surface area contributed by atoms with Crippen LogP contribution in [0.2, 0.25) is 0 Å². The molecule has 0 fully saturated rings. The number of nitriles is 1. The second-order valence-electron chi connectivity index (χ2n) is 5.53. The van der Waals surface area contributed by atoms with E-state index in [1.807, 2.05) is 26.0 Å². The number of ether oxygens (including phenoxy) is 1. The number of rotatable bonds is 2. The van der Waals surface area contributed by atoms with E-state index in [-0.39, 0.29) is 5.56 Å². The van der Waals surface area contributed by atoms with Gasteiger partial charge in [0, 0.05) is 17.8 Å². The van der Waals surface area contributed by atoms with E-state index < -0.39 is 5.60 Å². The van der Waals surface area contributed by atoms with Gasteiger partial charge in [0.15, 0.2) is 0 Å². The quantitative estimate of drug-likeness (QED) is 0.854. The molecule has 1 aliphatic heterocycles. The van der Waals surface area contributed by atoms with Crippen LogP contribution in [-0.4, -0.2) is 10.2 Å². The molecule has 0 radical (unpaired) electrons. The van der Waals surface area contributed by atoms with Crippen LogP contribution in [0.25, 0.3) is 5.70 Å². The van der Waals surface area contributed by atoms with Gasteiger partial charge in [-0.2, -0.15) is 5.26 Å². The lowest BCUT2D eigenvalue weighted by atomic mass is 9.94. The molecule has 0 saturated carbocycles. The lowest BCUT2D eigenvalue weighted by Gasteiger charge is -2.33. The van der Waals surface area contributed by atoms with Crippen molar-refractivity contribution in [2.24, 2.45) is 0 Å². The van der Waals surface area contributed by atoms with E-state index in [0.717, 1.165) is 17.7 Å². The standard InChI is InChI=1S/C18H16N2O2/c1-3-18(2)11-15(20-9-5-4-6-17(20)21)14-10-13(12-19)7-8-16(14)22-18/h4-11H,3H2,1-2H3. The van der Waals surface area contributed by atoms with E-state index in [1.54, 1.807) is 35.0 Å². The SMILES string of the molecule is CCC1(C)C=C(n2ccccc2=O)c2cc(C#N)ccc2O1. The first-order valence-corrected chi connectivity index (χ1v) is 7.21. The van der Waals surface area contributed by atoms with Gasteiger partial charge in [0.25, 0.3) is 5.56 Å². The number of hydrogen-bond acceptors (Lipinski definition) is 3. The molecule has 22 heavy (non-hydrogen) atoms. The van der Waals surface area contributed by atoms with Crippen LogP contribution in [0.4, 0.5) is 0 Å². The van der Waals surface area contributed by atoms with Gasteiger partial charge >= 0.3 is 0 Å². The van der Waals surface area contributed by atoms with E-state index in [9.17, 15) is 4.79 Å². The summed E-state index contributed by atoms with van der Waals surface area (Å²) in [5, 5.41) is 9.12. The zero-order chi connectivity index (χ0) is 15.7. The number of aromatic nitrogens is 1. The van der Waals surface area contributed by atoms with Crippen molar-refractivity contribution in [2.75, 3.05) is 0 Å². The lowest BCUT2D eigenvalue weighted by Crippen LogP contribution is -2.34. The molecule has 0 spiro atoms. The van der Waals surface area contributed by atoms with Crippen molar-refractivity contribution in [3.63, 3.8) is 0 Å². The molecule has 1 aromatic carbocycles. The Labute approximate surface area is 128 Å². The van der Waals surface area contributed by atoms with Crippen molar-refractivity contribution in [3.05, 3.63) is 70.2 Å². The van der Waals surface area contributed by atoms with Gasteiger partial charge in [0.05, 0.1) is 17.3 Å². The summed E-state index contributed by atoms with van der Waals surface area (Å²) in [6.45, 7) is 4.03. The summed E-state index contributed by atoms with van der Waals surface area (Å²) in [4.78, 5) is 12.2. The topological polar surface area (TPSA) is 55.0 Å². The molecule has 4 heteroatoms. The van der Waals surface area contributed by atoms with Crippen LogP contribution in [0.3, 0.4) is 0 Å². The Morgan fingerprint density at radius 2 is 2.14 bits per heavy atom. The average molecular weight is 292 g/mol. The van der Waals surface area contributed by atoms with Gasteiger partial charge in [-0.25, -0.2) is 0 Å². The molecule has 0 aliphatic carbocycles. The lowest BCUT2D eigenvalue weighted by molar-refractivity contribution is 0.132. The van der Waals surface area contributed by atoms with Gasteiger partial charge < -0.3 is 4.74 Å². The molecule has 1 aromatic heterocycles. The Bertz CT molecular complexity index is 858. The molecule has 1 atom stereocenters. The predicted molar refractivity (Wildman–Crippen MR) is 84.6 cm³/mol. The van der Waals surface area contributed by atoms with Crippen LogP contribution in [-0.2, 0) is 0 Å². The molecule has 0 bridgehead atoms. The number of fused-ring (bicyclic) bond motifs is 1. The minimum atomic E-state index is -0.480. The molecule has 2 aromatic rings. The van der Waals surface area contributed by atoms with Crippen LogP contribution >= 0.6 is 0 Å². The molecule has 2 heterocycles. The van der Waals surface area contributed by atoms with E-state index in [0.29, 0.717) is 11.3 Å². The normalized spacial score (nSPS) is 19.6. The van der Waals surface area contributed by atoms with Gasteiger partial charge in [0.1, 0.15) is 11.4 Å². The van der Waals surface area contributed by atoms with Gasteiger partial charge in [0.2, 0.25) is 0 Å². The predicted octanol–water partition coefficient (Wildman–Crippen LogP) is 3.17. The second kappa shape index (κ2) is 5.19. The zero-order valence-electron chi connectivity index (χ0n) is 12.5. The highest BCUT2D eigenvalue weighted by atomic mass is 16.5. The van der Waals surface area contributed by atoms with Gasteiger partial charge in [-0.15, -0.1) is 0 Å². The maximum Gasteiger partial charge on any atom is 0.255 e. The second-order valence-corrected chi connectivity index (χ2v) is 5.53. The van der Waals surface area contributed by atoms with Crippen molar-refractivity contribution in [1.82, 2.24) is 4.57 Å². The maximum atomic E-state index is 12.2. The fourth-order valence-corrected chi connectivity index (χ4v) is 2.54. The molecule has 110 valence electrons. The largest absolute Gasteiger partial charge is 0.483 e. The van der Waals surface area contributed by atoms with Crippen LogP contribution in [0, 0.1) is 11.3 Å². The van der Waals surface area contributed by atoms with Crippen molar-refractivity contribution >= 4 is 5.70 Å². The van der Waals surface area contributed by atoms with Crippen molar-refractivity contribution in [2.45, 2.75) is 25.9 Å². The van der Waals surface area contributed by atoms with E-state index in [4.69, 9.17) is 10.00 Å². The third-order valence-corrected chi connectivity index (χ3v) is 3.95.